The maximum atomic E-state index is 11.7. The third-order valence-electron chi connectivity index (χ3n) is 4.47. The van der Waals surface area contributed by atoms with Crippen molar-refractivity contribution in [3.63, 3.8) is 0 Å². The highest BCUT2D eigenvalue weighted by Gasteiger charge is 2.34. The van der Waals surface area contributed by atoms with Gasteiger partial charge in [0.15, 0.2) is 6.67 Å². The van der Waals surface area contributed by atoms with Gasteiger partial charge in [-0.1, -0.05) is 69.4 Å². The Morgan fingerprint density at radius 2 is 1.83 bits per heavy atom. The quantitative estimate of drug-likeness (QED) is 0.518. The van der Waals surface area contributed by atoms with Gasteiger partial charge in [0.25, 0.3) is 6.09 Å². The number of carbonyl (C=O) groups excluding carboxylic acids is 1. The summed E-state index contributed by atoms with van der Waals surface area (Å²) in [5, 5.41) is 11.7. The lowest BCUT2D eigenvalue weighted by Gasteiger charge is -2.32. The molecule has 0 aliphatic carbocycles. The van der Waals surface area contributed by atoms with Gasteiger partial charge in [-0.3, -0.25) is 0 Å². The second kappa shape index (κ2) is 8.73. The minimum absolute atomic E-state index is 0.139. The molecule has 4 heteroatoms. The Kier molecular flexibility index (Phi) is 6.66. The van der Waals surface area contributed by atoms with Gasteiger partial charge in [0.2, 0.25) is 0 Å². The first-order valence-electron chi connectivity index (χ1n) is 8.72. The number of amides is 1. The monoisotopic (exact) mass is 316 g/mol. The van der Waals surface area contributed by atoms with Crippen LogP contribution in [0.15, 0.2) is 42.7 Å². The van der Waals surface area contributed by atoms with Crippen molar-refractivity contribution in [1.82, 2.24) is 4.90 Å². The van der Waals surface area contributed by atoms with Crippen LogP contribution in [0.1, 0.15) is 51.0 Å². The van der Waals surface area contributed by atoms with E-state index in [1.54, 1.807) is 6.20 Å². The highest BCUT2D eigenvalue weighted by molar-refractivity contribution is 5.55. The summed E-state index contributed by atoms with van der Waals surface area (Å²) < 4.78 is -0.139. The molecule has 1 atom stereocenters. The third-order valence-corrected chi connectivity index (χ3v) is 4.47. The second-order valence-corrected chi connectivity index (χ2v) is 6.46. The molecule has 1 heterocycles. The van der Waals surface area contributed by atoms with Crippen LogP contribution < -0.4 is 5.11 Å². The topological polar surface area (TPSA) is 43.4 Å². The highest BCUT2D eigenvalue weighted by atomic mass is 16.4. The summed E-state index contributed by atoms with van der Waals surface area (Å²) in [6.45, 7) is 4.04. The number of nitrogens with zero attached hydrogens (tertiary/aromatic N) is 2. The van der Waals surface area contributed by atoms with E-state index in [0.717, 1.165) is 18.5 Å². The molecule has 23 heavy (non-hydrogen) atoms. The lowest BCUT2D eigenvalue weighted by atomic mass is 10.1. The van der Waals surface area contributed by atoms with E-state index in [1.807, 2.05) is 36.5 Å². The summed E-state index contributed by atoms with van der Waals surface area (Å²) in [5.74, 6) is 0. The highest BCUT2D eigenvalue weighted by Crippen LogP contribution is 2.22. The molecule has 0 saturated carbocycles. The molecular formula is C19H28N2O2. The minimum Gasteiger partial charge on any atom is -0.498 e. The predicted octanol–water partition coefficient (Wildman–Crippen LogP) is 3.45. The van der Waals surface area contributed by atoms with Crippen molar-refractivity contribution in [1.29, 1.82) is 0 Å². The first-order chi connectivity index (χ1) is 11.2. The molecule has 1 amide bonds. The van der Waals surface area contributed by atoms with Crippen LogP contribution in [-0.4, -0.2) is 28.7 Å². The molecule has 0 aromatic heterocycles. The van der Waals surface area contributed by atoms with Gasteiger partial charge in [0.05, 0.1) is 6.20 Å². The molecule has 126 valence electrons. The Hall–Kier alpha value is -1.81. The first kappa shape index (κ1) is 17.5. The predicted molar refractivity (Wildman–Crippen MR) is 89.9 cm³/mol. The van der Waals surface area contributed by atoms with Crippen LogP contribution in [0, 0.1) is 0 Å². The molecule has 0 fully saturated rings. The zero-order valence-corrected chi connectivity index (χ0v) is 14.1. The van der Waals surface area contributed by atoms with Crippen molar-refractivity contribution >= 4 is 6.09 Å². The van der Waals surface area contributed by atoms with E-state index in [9.17, 15) is 9.90 Å². The summed E-state index contributed by atoms with van der Waals surface area (Å²) in [5.41, 5.74) is 1.02. The summed E-state index contributed by atoms with van der Waals surface area (Å²) in [4.78, 5) is 13.8. The van der Waals surface area contributed by atoms with E-state index < -0.39 is 6.09 Å². The van der Waals surface area contributed by atoms with Crippen molar-refractivity contribution in [2.24, 2.45) is 0 Å². The molecule has 0 saturated heterocycles. The number of unbranched alkanes of at least 4 members (excludes halogenated alkanes) is 5. The van der Waals surface area contributed by atoms with Crippen LogP contribution in [0.5, 0.6) is 0 Å². The Balaban J connectivity index is 1.82. The molecule has 1 aromatic carbocycles. The van der Waals surface area contributed by atoms with E-state index in [-0.39, 0.29) is 4.48 Å². The van der Waals surface area contributed by atoms with E-state index >= 15 is 0 Å². The molecule has 0 spiro atoms. The average Bonchev–Trinajstić information content (AvgIpc) is 2.96. The van der Waals surface area contributed by atoms with E-state index in [1.165, 1.54) is 32.1 Å². The zero-order chi connectivity index (χ0) is 16.5. The molecular weight excluding hydrogens is 288 g/mol. The molecule has 1 unspecified atom stereocenters. The lowest BCUT2D eigenvalue weighted by Crippen LogP contribution is -2.55. The third kappa shape index (κ3) is 5.10. The smallest absolute Gasteiger partial charge is 0.264 e. The van der Waals surface area contributed by atoms with Crippen molar-refractivity contribution in [3.05, 3.63) is 48.3 Å². The molecule has 2 rings (SSSR count). The average molecular weight is 316 g/mol. The van der Waals surface area contributed by atoms with Gasteiger partial charge in [0, 0.05) is 12.1 Å². The maximum absolute atomic E-state index is 11.7. The Bertz CT molecular complexity index is 515. The van der Waals surface area contributed by atoms with Gasteiger partial charge in [-0.25, -0.2) is 4.48 Å². The van der Waals surface area contributed by atoms with Gasteiger partial charge in [-0.15, -0.1) is 0 Å². The Morgan fingerprint density at radius 3 is 2.52 bits per heavy atom. The Labute approximate surface area is 139 Å². The number of hydrogen-bond acceptors (Lipinski definition) is 3. The molecule has 1 aromatic rings. The minimum atomic E-state index is -1.03. The van der Waals surface area contributed by atoms with Crippen molar-refractivity contribution in [2.45, 2.75) is 52.0 Å². The molecule has 0 bridgehead atoms. The van der Waals surface area contributed by atoms with Gasteiger partial charge < -0.3 is 14.8 Å². The molecule has 1 aliphatic rings. The van der Waals surface area contributed by atoms with Crippen LogP contribution in [0.2, 0.25) is 0 Å². The molecule has 0 radical (unpaired) electrons. The summed E-state index contributed by atoms with van der Waals surface area (Å²) >= 11 is 0. The van der Waals surface area contributed by atoms with Crippen molar-refractivity contribution in [2.75, 3.05) is 13.2 Å². The SMILES string of the molecule is CCCCCCCCN1C=C[N+](Cc2ccccc2)(C(=O)[O-])C1. The molecule has 0 N–H and O–H groups in total. The van der Waals surface area contributed by atoms with E-state index in [2.05, 4.69) is 11.8 Å². The summed E-state index contributed by atoms with van der Waals surface area (Å²) in [6, 6.07) is 9.75. The van der Waals surface area contributed by atoms with Crippen LogP contribution in [0.3, 0.4) is 0 Å². The molecule has 1 aliphatic heterocycles. The number of quaternary nitrogens is 1. The van der Waals surface area contributed by atoms with E-state index in [4.69, 9.17) is 0 Å². The van der Waals surface area contributed by atoms with Gasteiger partial charge >= 0.3 is 0 Å². The fraction of sp³-hybridized carbons (Fsp3) is 0.526. The number of hydrogen-bond donors (Lipinski definition) is 0. The standard InChI is InChI=1S/C19H28N2O2/c1-2-3-4-5-6-10-13-20-14-15-21(17-20,19(22)23)16-18-11-8-7-9-12-18/h7-9,11-12,14-15H,2-6,10,13,16-17H2,1H3. The molecule has 4 nitrogen and oxygen atoms in total. The van der Waals surface area contributed by atoms with E-state index in [0.29, 0.717) is 13.2 Å². The zero-order valence-electron chi connectivity index (χ0n) is 14.1. The maximum Gasteiger partial charge on any atom is 0.264 e. The van der Waals surface area contributed by atoms with Crippen LogP contribution in [0.4, 0.5) is 4.79 Å². The second-order valence-electron chi connectivity index (χ2n) is 6.46. The number of rotatable bonds is 9. The van der Waals surface area contributed by atoms with Crippen molar-refractivity contribution in [3.8, 4) is 0 Å². The Morgan fingerprint density at radius 1 is 1.13 bits per heavy atom. The van der Waals surface area contributed by atoms with Crippen LogP contribution >= 0.6 is 0 Å². The lowest BCUT2D eigenvalue weighted by molar-refractivity contribution is -0.843. The number of benzene rings is 1. The van der Waals surface area contributed by atoms with Crippen LogP contribution in [-0.2, 0) is 6.54 Å². The largest absolute Gasteiger partial charge is 0.498 e. The number of carbonyl (C=O) groups is 1. The first-order valence-corrected chi connectivity index (χ1v) is 8.72. The summed E-state index contributed by atoms with van der Waals surface area (Å²) in [7, 11) is 0. The number of carboxylic acid groups (broad SMARTS) is 1. The van der Waals surface area contributed by atoms with Gasteiger partial charge in [0.1, 0.15) is 12.7 Å². The summed E-state index contributed by atoms with van der Waals surface area (Å²) in [6.07, 6.45) is 10.1. The van der Waals surface area contributed by atoms with Crippen LogP contribution in [0.25, 0.3) is 0 Å². The fourth-order valence-electron chi connectivity index (χ4n) is 3.08. The normalized spacial score (nSPS) is 20.1. The van der Waals surface area contributed by atoms with Crippen molar-refractivity contribution < 1.29 is 14.4 Å². The fourth-order valence-corrected chi connectivity index (χ4v) is 3.08. The van der Waals surface area contributed by atoms with Gasteiger partial charge in [-0.2, -0.15) is 0 Å². The van der Waals surface area contributed by atoms with Gasteiger partial charge in [-0.05, 0) is 6.42 Å².